The highest BCUT2D eigenvalue weighted by atomic mass is 32.2. The summed E-state index contributed by atoms with van der Waals surface area (Å²) in [5, 5.41) is 5.48. The first-order valence-electron chi connectivity index (χ1n) is 3.36. The Morgan fingerprint density at radius 1 is 1.60 bits per heavy atom. The van der Waals surface area contributed by atoms with Crippen LogP contribution >= 0.6 is 11.9 Å². The molecule has 2 rings (SSSR count). The standard InChI is InChI=1S/C7H10N2S/c1-5-6(2)9-7(8-5)3-4-10-9/h3-4,7-8H,1-2H3. The Bertz CT molecular complexity index is 220. The average molecular weight is 154 g/mol. The molecule has 0 spiro atoms. The molecule has 0 bridgehead atoms. The van der Waals surface area contributed by atoms with Gasteiger partial charge in [-0.2, -0.15) is 0 Å². The van der Waals surface area contributed by atoms with Crippen molar-refractivity contribution in [2.75, 3.05) is 0 Å². The first-order valence-corrected chi connectivity index (χ1v) is 4.19. The smallest absolute Gasteiger partial charge is 0.129 e. The van der Waals surface area contributed by atoms with Crippen molar-refractivity contribution in [1.29, 1.82) is 0 Å². The lowest BCUT2D eigenvalue weighted by molar-refractivity contribution is 0.505. The summed E-state index contributed by atoms with van der Waals surface area (Å²) < 4.78 is 2.27. The Hall–Kier alpha value is -0.570. The zero-order chi connectivity index (χ0) is 7.14. The fourth-order valence-electron chi connectivity index (χ4n) is 1.20. The van der Waals surface area contributed by atoms with Crippen LogP contribution in [0.25, 0.3) is 0 Å². The highest BCUT2D eigenvalue weighted by Gasteiger charge is 2.27. The van der Waals surface area contributed by atoms with Crippen molar-refractivity contribution in [1.82, 2.24) is 9.62 Å². The third-order valence-electron chi connectivity index (χ3n) is 1.93. The summed E-state index contributed by atoms with van der Waals surface area (Å²) in [5.41, 5.74) is 2.64. The highest BCUT2D eigenvalue weighted by molar-refractivity contribution is 8.00. The number of nitrogens with one attached hydrogen (secondary N) is 1. The molecule has 2 aliphatic heterocycles. The van der Waals surface area contributed by atoms with Crippen LogP contribution in [0.15, 0.2) is 22.9 Å². The van der Waals surface area contributed by atoms with Crippen molar-refractivity contribution in [3.8, 4) is 0 Å². The molecule has 1 unspecified atom stereocenters. The van der Waals surface area contributed by atoms with Crippen molar-refractivity contribution in [3.05, 3.63) is 22.9 Å². The van der Waals surface area contributed by atoms with Gasteiger partial charge in [0.15, 0.2) is 0 Å². The molecule has 0 aromatic rings. The topological polar surface area (TPSA) is 15.3 Å². The monoisotopic (exact) mass is 154 g/mol. The van der Waals surface area contributed by atoms with Crippen LogP contribution in [-0.4, -0.2) is 10.5 Å². The normalized spacial score (nSPS) is 29.4. The minimum atomic E-state index is 0.421. The Morgan fingerprint density at radius 2 is 2.40 bits per heavy atom. The maximum Gasteiger partial charge on any atom is 0.129 e. The summed E-state index contributed by atoms with van der Waals surface area (Å²) in [6.45, 7) is 4.25. The van der Waals surface area contributed by atoms with Gasteiger partial charge in [0.1, 0.15) is 6.17 Å². The lowest BCUT2D eigenvalue weighted by atomic mass is 10.4. The van der Waals surface area contributed by atoms with E-state index >= 15 is 0 Å². The Kier molecular flexibility index (Phi) is 1.20. The number of hydrogen-bond acceptors (Lipinski definition) is 3. The number of rotatable bonds is 0. The van der Waals surface area contributed by atoms with E-state index in [0.29, 0.717) is 6.17 Å². The summed E-state index contributed by atoms with van der Waals surface area (Å²) >= 11 is 1.76. The summed E-state index contributed by atoms with van der Waals surface area (Å²) in [6, 6.07) is 0. The van der Waals surface area contributed by atoms with Crippen molar-refractivity contribution in [2.24, 2.45) is 0 Å². The predicted octanol–water partition coefficient (Wildman–Crippen LogP) is 1.64. The van der Waals surface area contributed by atoms with Gasteiger partial charge in [-0.1, -0.05) is 0 Å². The molecule has 2 nitrogen and oxygen atoms in total. The van der Waals surface area contributed by atoms with E-state index in [-0.39, 0.29) is 0 Å². The van der Waals surface area contributed by atoms with Crippen molar-refractivity contribution in [3.63, 3.8) is 0 Å². The molecule has 0 radical (unpaired) electrons. The average Bonchev–Trinajstić information content (AvgIpc) is 2.41. The number of nitrogens with zero attached hydrogens (tertiary/aromatic N) is 1. The van der Waals surface area contributed by atoms with Crippen LogP contribution in [0.2, 0.25) is 0 Å². The number of hydrogen-bond donors (Lipinski definition) is 1. The van der Waals surface area contributed by atoms with Gasteiger partial charge < -0.3 is 5.32 Å². The van der Waals surface area contributed by atoms with E-state index < -0.39 is 0 Å². The number of fused-ring (bicyclic) bond motifs is 1. The molecule has 1 N–H and O–H groups in total. The van der Waals surface area contributed by atoms with Gasteiger partial charge in [-0.15, -0.1) is 0 Å². The summed E-state index contributed by atoms with van der Waals surface area (Å²) in [6.07, 6.45) is 2.59. The SMILES string of the molecule is CC1=C(C)N2SC=CC2N1. The van der Waals surface area contributed by atoms with E-state index in [0.717, 1.165) is 0 Å². The van der Waals surface area contributed by atoms with Crippen molar-refractivity contribution < 1.29 is 0 Å². The lowest BCUT2D eigenvalue weighted by Gasteiger charge is -2.16. The maximum atomic E-state index is 3.36. The molecular weight excluding hydrogens is 144 g/mol. The molecule has 54 valence electrons. The summed E-state index contributed by atoms with van der Waals surface area (Å²) in [5.74, 6) is 0. The van der Waals surface area contributed by atoms with Crippen LogP contribution in [0.1, 0.15) is 13.8 Å². The van der Waals surface area contributed by atoms with E-state index in [4.69, 9.17) is 0 Å². The van der Waals surface area contributed by atoms with Gasteiger partial charge in [0.2, 0.25) is 0 Å². The Morgan fingerprint density at radius 3 is 3.10 bits per heavy atom. The second kappa shape index (κ2) is 1.95. The van der Waals surface area contributed by atoms with Gasteiger partial charge in [-0.3, -0.25) is 4.31 Å². The fraction of sp³-hybridized carbons (Fsp3) is 0.429. The molecule has 0 aromatic carbocycles. The van der Waals surface area contributed by atoms with Gasteiger partial charge in [-0.05, 0) is 37.3 Å². The van der Waals surface area contributed by atoms with Crippen molar-refractivity contribution >= 4 is 11.9 Å². The Balaban J connectivity index is 2.26. The van der Waals surface area contributed by atoms with Crippen LogP contribution in [0, 0.1) is 0 Å². The highest BCUT2D eigenvalue weighted by Crippen LogP contribution is 2.33. The number of allylic oxidation sites excluding steroid dienone is 2. The molecule has 10 heavy (non-hydrogen) atoms. The molecule has 0 saturated carbocycles. The molecule has 0 fully saturated rings. The summed E-state index contributed by atoms with van der Waals surface area (Å²) in [4.78, 5) is 0. The van der Waals surface area contributed by atoms with E-state index in [1.165, 1.54) is 11.4 Å². The minimum Gasteiger partial charge on any atom is -0.363 e. The largest absolute Gasteiger partial charge is 0.363 e. The zero-order valence-electron chi connectivity index (χ0n) is 6.09. The second-order valence-corrected chi connectivity index (χ2v) is 3.44. The second-order valence-electron chi connectivity index (χ2n) is 2.56. The van der Waals surface area contributed by atoms with E-state index in [1.54, 1.807) is 11.9 Å². The van der Waals surface area contributed by atoms with Crippen LogP contribution in [-0.2, 0) is 0 Å². The van der Waals surface area contributed by atoms with E-state index in [2.05, 4.69) is 35.0 Å². The van der Waals surface area contributed by atoms with E-state index in [1.807, 2.05) is 0 Å². The molecule has 0 amide bonds. The first-order chi connectivity index (χ1) is 4.79. The van der Waals surface area contributed by atoms with Gasteiger partial charge >= 0.3 is 0 Å². The first kappa shape index (κ1) is 6.16. The quantitative estimate of drug-likeness (QED) is 0.534. The third-order valence-corrected chi connectivity index (χ3v) is 2.93. The minimum absolute atomic E-state index is 0.421. The Labute approximate surface area is 65.1 Å². The van der Waals surface area contributed by atoms with Crippen molar-refractivity contribution in [2.45, 2.75) is 20.0 Å². The third kappa shape index (κ3) is 0.669. The van der Waals surface area contributed by atoms with Gasteiger partial charge in [-0.25, -0.2) is 0 Å². The summed E-state index contributed by atoms with van der Waals surface area (Å²) in [7, 11) is 0. The molecule has 3 heteroatoms. The van der Waals surface area contributed by atoms with Crippen LogP contribution in [0.3, 0.4) is 0 Å². The molecule has 2 heterocycles. The lowest BCUT2D eigenvalue weighted by Crippen LogP contribution is -2.27. The maximum absolute atomic E-state index is 3.36. The van der Waals surface area contributed by atoms with E-state index in [9.17, 15) is 0 Å². The van der Waals surface area contributed by atoms with Crippen LogP contribution in [0.4, 0.5) is 0 Å². The molecule has 0 saturated heterocycles. The molecule has 1 atom stereocenters. The van der Waals surface area contributed by atoms with Crippen LogP contribution in [0.5, 0.6) is 0 Å². The molecule has 0 aromatic heterocycles. The van der Waals surface area contributed by atoms with Gasteiger partial charge in [0.05, 0.1) is 0 Å². The van der Waals surface area contributed by atoms with Gasteiger partial charge in [0.25, 0.3) is 0 Å². The predicted molar refractivity (Wildman–Crippen MR) is 43.9 cm³/mol. The zero-order valence-corrected chi connectivity index (χ0v) is 6.90. The van der Waals surface area contributed by atoms with Crippen LogP contribution < -0.4 is 5.32 Å². The fourth-order valence-corrected chi connectivity index (χ4v) is 2.10. The molecule has 0 aliphatic carbocycles. The molecular formula is C7H10N2S. The van der Waals surface area contributed by atoms with Gasteiger partial charge in [0, 0.05) is 11.4 Å². The molecule has 2 aliphatic rings.